The Balaban J connectivity index is 3.95. The first-order chi connectivity index (χ1) is 14.8. The van der Waals surface area contributed by atoms with Crippen LogP contribution in [0.3, 0.4) is 0 Å². The van der Waals surface area contributed by atoms with Crippen LogP contribution in [-0.4, -0.2) is 57.3 Å². The van der Waals surface area contributed by atoms with Crippen molar-refractivity contribution in [1.29, 1.82) is 0 Å². The molecule has 0 radical (unpaired) electrons. The van der Waals surface area contributed by atoms with Crippen LogP contribution in [0.5, 0.6) is 0 Å². The first-order valence-electron chi connectivity index (χ1n) is 12.0. The second kappa shape index (κ2) is 18.8. The Labute approximate surface area is 187 Å². The number of unbranched alkanes of at least 4 members (excludes halogenated alkanes) is 14. The summed E-state index contributed by atoms with van der Waals surface area (Å²) in [5.41, 5.74) is 0. The molecule has 0 bridgehead atoms. The molecule has 0 saturated heterocycles. The predicted molar refractivity (Wildman–Crippen MR) is 122 cm³/mol. The van der Waals surface area contributed by atoms with Gasteiger partial charge in [0.1, 0.15) is 0 Å². The summed E-state index contributed by atoms with van der Waals surface area (Å²) >= 11 is 0. The van der Waals surface area contributed by atoms with Crippen LogP contribution >= 0.6 is 0 Å². The van der Waals surface area contributed by atoms with E-state index < -0.39 is 42.0 Å². The van der Waals surface area contributed by atoms with Crippen molar-refractivity contribution in [2.75, 3.05) is 19.6 Å². The Morgan fingerprint density at radius 2 is 0.903 bits per heavy atom. The number of nitrogens with zero attached hydrogens (tertiary/aromatic N) is 1. The number of allylic oxidation sites excluding steroid dienone is 1. The van der Waals surface area contributed by atoms with Crippen LogP contribution in [0, 0.1) is 0 Å². The molecule has 0 aromatic carbocycles. The van der Waals surface area contributed by atoms with E-state index in [1.807, 2.05) is 0 Å². The van der Waals surface area contributed by atoms with Crippen LogP contribution < -0.4 is 0 Å². The average molecular weight is 443 g/mol. The first kappa shape index (κ1) is 29.1. The fourth-order valence-electron chi connectivity index (χ4n) is 3.89. The standard InChI is InChI=1S/C24H43NO6/c1-2-3-4-5-6-7-8-9-10-11-12-13-14-15-16-17-18-25(19-22(26)27,20-23(28)29)21-24(30)31/h17-18H,2-16,19-21H2,1H3,(H2-,26,27,28,29,30,31)/p+1/b18-17+. The van der Waals surface area contributed by atoms with E-state index in [-0.39, 0.29) is 0 Å². The van der Waals surface area contributed by atoms with Crippen molar-refractivity contribution in [2.24, 2.45) is 0 Å². The number of hydrogen-bond acceptors (Lipinski definition) is 3. The van der Waals surface area contributed by atoms with E-state index in [4.69, 9.17) is 15.3 Å². The summed E-state index contributed by atoms with van der Waals surface area (Å²) in [6, 6.07) is 0. The molecule has 0 aromatic rings. The largest absolute Gasteiger partial charge is 0.477 e. The number of hydrogen-bond donors (Lipinski definition) is 3. The van der Waals surface area contributed by atoms with Crippen LogP contribution in [0.15, 0.2) is 12.3 Å². The molecule has 0 spiro atoms. The van der Waals surface area contributed by atoms with E-state index >= 15 is 0 Å². The van der Waals surface area contributed by atoms with Crippen LogP contribution in [0.2, 0.25) is 0 Å². The highest BCUT2D eigenvalue weighted by atomic mass is 16.4. The van der Waals surface area contributed by atoms with Gasteiger partial charge in [0.2, 0.25) is 0 Å². The van der Waals surface area contributed by atoms with Crippen molar-refractivity contribution in [2.45, 2.75) is 103 Å². The monoisotopic (exact) mass is 442 g/mol. The van der Waals surface area contributed by atoms with Crippen molar-refractivity contribution in [3.05, 3.63) is 12.3 Å². The molecule has 7 heteroatoms. The molecule has 0 atom stereocenters. The SMILES string of the molecule is CCCCCCCCCCCCCCCC/C=C/[N+](CC(=O)O)(CC(=O)O)CC(=O)O. The summed E-state index contributed by atoms with van der Waals surface area (Å²) in [5, 5.41) is 27.2. The third kappa shape index (κ3) is 18.6. The lowest BCUT2D eigenvalue weighted by Crippen LogP contribution is -2.52. The quantitative estimate of drug-likeness (QED) is 0.152. The van der Waals surface area contributed by atoms with Gasteiger partial charge in [-0.25, -0.2) is 14.4 Å². The van der Waals surface area contributed by atoms with Crippen LogP contribution in [0.4, 0.5) is 0 Å². The molecular formula is C24H44NO6+. The molecule has 0 fully saturated rings. The lowest BCUT2D eigenvalue weighted by molar-refractivity contribution is -0.857. The molecule has 0 aromatic heterocycles. The number of quaternary nitrogens is 1. The molecule has 31 heavy (non-hydrogen) atoms. The maximum Gasteiger partial charge on any atom is 0.359 e. The third-order valence-corrected chi connectivity index (χ3v) is 5.50. The number of carboxylic acids is 3. The van der Waals surface area contributed by atoms with Gasteiger partial charge in [0.25, 0.3) is 0 Å². The van der Waals surface area contributed by atoms with Gasteiger partial charge >= 0.3 is 17.9 Å². The van der Waals surface area contributed by atoms with Gasteiger partial charge in [0, 0.05) is 0 Å². The maximum atomic E-state index is 11.1. The van der Waals surface area contributed by atoms with Gasteiger partial charge in [-0.3, -0.25) is 4.48 Å². The summed E-state index contributed by atoms with van der Waals surface area (Å²) in [7, 11) is 0. The number of aliphatic carboxylic acids is 3. The van der Waals surface area contributed by atoms with E-state index in [1.165, 1.54) is 76.8 Å². The van der Waals surface area contributed by atoms with Crippen molar-refractivity contribution < 1.29 is 34.2 Å². The van der Waals surface area contributed by atoms with E-state index in [9.17, 15) is 14.4 Å². The highest BCUT2D eigenvalue weighted by molar-refractivity contribution is 5.73. The summed E-state index contributed by atoms with van der Waals surface area (Å²) in [4.78, 5) is 33.3. The van der Waals surface area contributed by atoms with Crippen molar-refractivity contribution >= 4 is 17.9 Å². The van der Waals surface area contributed by atoms with E-state index in [0.29, 0.717) is 6.42 Å². The minimum absolute atomic E-state index is 0.562. The smallest absolute Gasteiger partial charge is 0.359 e. The molecule has 180 valence electrons. The lowest BCUT2D eigenvalue weighted by atomic mass is 10.0. The van der Waals surface area contributed by atoms with Crippen molar-refractivity contribution in [3.63, 3.8) is 0 Å². The van der Waals surface area contributed by atoms with Gasteiger partial charge in [0.05, 0.1) is 6.20 Å². The fraction of sp³-hybridized carbons (Fsp3) is 0.792. The molecule has 7 nitrogen and oxygen atoms in total. The Morgan fingerprint density at radius 1 is 0.581 bits per heavy atom. The van der Waals surface area contributed by atoms with Crippen molar-refractivity contribution in [1.82, 2.24) is 0 Å². The highest BCUT2D eigenvalue weighted by Crippen LogP contribution is 2.14. The van der Waals surface area contributed by atoms with Crippen LogP contribution in [0.1, 0.15) is 103 Å². The molecule has 0 aliphatic rings. The van der Waals surface area contributed by atoms with Crippen LogP contribution in [0.25, 0.3) is 0 Å². The topological polar surface area (TPSA) is 112 Å². The van der Waals surface area contributed by atoms with Gasteiger partial charge in [-0.15, -0.1) is 0 Å². The van der Waals surface area contributed by atoms with Crippen molar-refractivity contribution in [3.8, 4) is 0 Å². The first-order valence-corrected chi connectivity index (χ1v) is 12.0. The zero-order valence-electron chi connectivity index (χ0n) is 19.4. The van der Waals surface area contributed by atoms with E-state index in [1.54, 1.807) is 6.08 Å². The molecular weight excluding hydrogens is 398 g/mol. The summed E-state index contributed by atoms with van der Waals surface area (Å²) in [5.74, 6) is -3.66. The van der Waals surface area contributed by atoms with E-state index in [2.05, 4.69) is 6.92 Å². The molecule has 0 aliphatic heterocycles. The summed E-state index contributed by atoms with van der Waals surface area (Å²) in [6.45, 7) is 0.559. The molecule has 3 N–H and O–H groups in total. The lowest BCUT2D eigenvalue weighted by Gasteiger charge is -2.29. The van der Waals surface area contributed by atoms with Crippen LogP contribution in [-0.2, 0) is 14.4 Å². The number of carboxylic acid groups (broad SMARTS) is 3. The molecule has 0 rings (SSSR count). The maximum absolute atomic E-state index is 11.1. The predicted octanol–water partition coefficient (Wildman–Crippen LogP) is 5.44. The number of rotatable bonds is 22. The normalized spacial score (nSPS) is 11.8. The Morgan fingerprint density at radius 3 is 1.23 bits per heavy atom. The van der Waals surface area contributed by atoms with Gasteiger partial charge in [-0.05, 0) is 18.9 Å². The second-order valence-electron chi connectivity index (χ2n) is 8.64. The van der Waals surface area contributed by atoms with Gasteiger partial charge in [-0.1, -0.05) is 90.4 Å². The molecule has 0 amide bonds. The molecule has 0 heterocycles. The minimum Gasteiger partial charge on any atom is -0.477 e. The Bertz CT molecular complexity index is 491. The minimum atomic E-state index is -1.22. The second-order valence-corrected chi connectivity index (χ2v) is 8.64. The summed E-state index contributed by atoms with van der Waals surface area (Å²) in [6.07, 6.45) is 21.6. The van der Waals surface area contributed by atoms with E-state index in [0.717, 1.165) is 19.3 Å². The highest BCUT2D eigenvalue weighted by Gasteiger charge is 2.34. The zero-order chi connectivity index (χ0) is 23.4. The molecule has 0 saturated carbocycles. The molecule has 0 aliphatic carbocycles. The van der Waals surface area contributed by atoms with Gasteiger partial charge in [-0.2, -0.15) is 0 Å². The fourth-order valence-corrected chi connectivity index (χ4v) is 3.89. The average Bonchev–Trinajstić information content (AvgIpc) is 2.66. The third-order valence-electron chi connectivity index (χ3n) is 5.50. The summed E-state index contributed by atoms with van der Waals surface area (Å²) < 4.78 is -0.612. The Kier molecular flexibility index (Phi) is 17.7. The van der Waals surface area contributed by atoms with Gasteiger partial charge in [0.15, 0.2) is 19.6 Å². The zero-order valence-corrected chi connectivity index (χ0v) is 19.4. The molecule has 0 unspecified atom stereocenters. The van der Waals surface area contributed by atoms with Gasteiger partial charge < -0.3 is 15.3 Å². The Hall–Kier alpha value is -1.89. The number of carbonyl (C=O) groups is 3.